The molecule has 0 fully saturated rings. The number of nitrogens with one attached hydrogen (secondary N) is 1. The SMILES string of the molecule is CCc1nc2ccc(C)cc2[nH]1. The fraction of sp³-hybridized carbons (Fsp3) is 0.300. The summed E-state index contributed by atoms with van der Waals surface area (Å²) in [7, 11) is 0. The highest BCUT2D eigenvalue weighted by Crippen LogP contribution is 2.12. The summed E-state index contributed by atoms with van der Waals surface area (Å²) in [4.78, 5) is 7.69. The van der Waals surface area contributed by atoms with Crippen molar-refractivity contribution >= 4 is 11.0 Å². The van der Waals surface area contributed by atoms with E-state index in [-0.39, 0.29) is 0 Å². The number of benzene rings is 1. The minimum atomic E-state index is 0.966. The Balaban J connectivity index is 2.67. The molecule has 0 radical (unpaired) electrons. The van der Waals surface area contributed by atoms with Crippen LogP contribution in [0.3, 0.4) is 0 Å². The van der Waals surface area contributed by atoms with Crippen LogP contribution in [0.2, 0.25) is 0 Å². The first-order valence-electron chi connectivity index (χ1n) is 4.25. The van der Waals surface area contributed by atoms with Gasteiger partial charge in [-0.3, -0.25) is 0 Å². The summed E-state index contributed by atoms with van der Waals surface area (Å²) >= 11 is 0. The molecule has 0 saturated carbocycles. The average molecular weight is 160 g/mol. The van der Waals surface area contributed by atoms with Gasteiger partial charge < -0.3 is 4.98 Å². The summed E-state index contributed by atoms with van der Waals surface area (Å²) in [6.45, 7) is 4.19. The van der Waals surface area contributed by atoms with E-state index in [9.17, 15) is 0 Å². The summed E-state index contributed by atoms with van der Waals surface area (Å²) in [6, 6.07) is 6.27. The summed E-state index contributed by atoms with van der Waals surface area (Å²) in [5.41, 5.74) is 3.48. The van der Waals surface area contributed by atoms with Crippen molar-refractivity contribution in [2.75, 3.05) is 0 Å². The Bertz CT molecular complexity index is 401. The molecule has 1 aromatic heterocycles. The number of nitrogens with zero attached hydrogens (tertiary/aromatic N) is 1. The van der Waals surface area contributed by atoms with Gasteiger partial charge >= 0.3 is 0 Å². The number of hydrogen-bond donors (Lipinski definition) is 1. The molecule has 2 heteroatoms. The van der Waals surface area contributed by atoms with E-state index in [0.717, 1.165) is 23.3 Å². The molecule has 12 heavy (non-hydrogen) atoms. The van der Waals surface area contributed by atoms with Crippen LogP contribution < -0.4 is 0 Å². The van der Waals surface area contributed by atoms with E-state index in [4.69, 9.17) is 0 Å². The molecule has 0 aliphatic heterocycles. The Morgan fingerprint density at radius 1 is 1.42 bits per heavy atom. The van der Waals surface area contributed by atoms with Crippen LogP contribution in [0.25, 0.3) is 11.0 Å². The van der Waals surface area contributed by atoms with E-state index < -0.39 is 0 Å². The Hall–Kier alpha value is -1.31. The highest BCUT2D eigenvalue weighted by atomic mass is 14.9. The summed E-state index contributed by atoms with van der Waals surface area (Å²) < 4.78 is 0. The van der Waals surface area contributed by atoms with Crippen LogP contribution in [0.5, 0.6) is 0 Å². The zero-order chi connectivity index (χ0) is 8.55. The fourth-order valence-corrected chi connectivity index (χ4v) is 1.34. The molecule has 0 bridgehead atoms. The molecular formula is C10H12N2. The number of fused-ring (bicyclic) bond motifs is 1. The maximum absolute atomic E-state index is 4.42. The van der Waals surface area contributed by atoms with E-state index in [0.29, 0.717) is 0 Å². The smallest absolute Gasteiger partial charge is 0.106 e. The quantitative estimate of drug-likeness (QED) is 0.682. The standard InChI is InChI=1S/C10H12N2/c1-3-10-11-8-5-4-7(2)6-9(8)12-10/h4-6H,3H2,1-2H3,(H,11,12). The molecule has 62 valence electrons. The molecule has 2 rings (SSSR count). The molecule has 0 atom stereocenters. The van der Waals surface area contributed by atoms with Gasteiger partial charge in [0.2, 0.25) is 0 Å². The van der Waals surface area contributed by atoms with E-state index in [1.165, 1.54) is 5.56 Å². The molecule has 1 N–H and O–H groups in total. The molecule has 2 aromatic rings. The highest BCUT2D eigenvalue weighted by molar-refractivity contribution is 5.75. The fourth-order valence-electron chi connectivity index (χ4n) is 1.34. The van der Waals surface area contributed by atoms with Crippen molar-refractivity contribution in [1.82, 2.24) is 9.97 Å². The largest absolute Gasteiger partial charge is 0.342 e. The van der Waals surface area contributed by atoms with Crippen LogP contribution in [-0.4, -0.2) is 9.97 Å². The van der Waals surface area contributed by atoms with Crippen molar-refractivity contribution in [2.45, 2.75) is 20.3 Å². The molecule has 1 heterocycles. The van der Waals surface area contributed by atoms with Crippen LogP contribution in [-0.2, 0) is 6.42 Å². The minimum absolute atomic E-state index is 0.966. The predicted octanol–water partition coefficient (Wildman–Crippen LogP) is 2.43. The number of aromatic amines is 1. The van der Waals surface area contributed by atoms with Crippen LogP contribution in [0, 0.1) is 6.92 Å². The topological polar surface area (TPSA) is 28.7 Å². The number of rotatable bonds is 1. The van der Waals surface area contributed by atoms with Gasteiger partial charge in [-0.05, 0) is 24.6 Å². The van der Waals surface area contributed by atoms with Crippen molar-refractivity contribution in [3.63, 3.8) is 0 Å². The van der Waals surface area contributed by atoms with Gasteiger partial charge in [-0.15, -0.1) is 0 Å². The van der Waals surface area contributed by atoms with Crippen molar-refractivity contribution in [3.05, 3.63) is 29.6 Å². The number of imidazole rings is 1. The maximum Gasteiger partial charge on any atom is 0.106 e. The van der Waals surface area contributed by atoms with Gasteiger partial charge in [-0.2, -0.15) is 0 Å². The predicted molar refractivity (Wildman–Crippen MR) is 50.2 cm³/mol. The third kappa shape index (κ3) is 1.09. The van der Waals surface area contributed by atoms with Gasteiger partial charge in [0, 0.05) is 6.42 Å². The Kier molecular flexibility index (Phi) is 1.61. The zero-order valence-corrected chi connectivity index (χ0v) is 7.39. The first kappa shape index (κ1) is 7.35. The first-order chi connectivity index (χ1) is 5.79. The van der Waals surface area contributed by atoms with Crippen LogP contribution in [0.15, 0.2) is 18.2 Å². The monoisotopic (exact) mass is 160 g/mol. The number of hydrogen-bond acceptors (Lipinski definition) is 1. The second kappa shape index (κ2) is 2.63. The zero-order valence-electron chi connectivity index (χ0n) is 7.39. The maximum atomic E-state index is 4.42. The number of H-pyrrole nitrogens is 1. The normalized spacial score (nSPS) is 10.8. The number of aryl methyl sites for hydroxylation is 2. The molecule has 0 aliphatic rings. The van der Waals surface area contributed by atoms with Crippen LogP contribution >= 0.6 is 0 Å². The highest BCUT2D eigenvalue weighted by Gasteiger charge is 1.99. The Morgan fingerprint density at radius 2 is 2.25 bits per heavy atom. The van der Waals surface area contributed by atoms with Crippen molar-refractivity contribution in [1.29, 1.82) is 0 Å². The first-order valence-corrected chi connectivity index (χ1v) is 4.25. The van der Waals surface area contributed by atoms with E-state index in [2.05, 4.69) is 42.0 Å². The van der Waals surface area contributed by atoms with Crippen molar-refractivity contribution < 1.29 is 0 Å². The van der Waals surface area contributed by atoms with Gasteiger partial charge in [0.05, 0.1) is 11.0 Å². The summed E-state index contributed by atoms with van der Waals surface area (Å²) in [5, 5.41) is 0. The van der Waals surface area contributed by atoms with Crippen LogP contribution in [0.1, 0.15) is 18.3 Å². The summed E-state index contributed by atoms with van der Waals surface area (Å²) in [6.07, 6.45) is 0.966. The lowest BCUT2D eigenvalue weighted by Crippen LogP contribution is -1.79. The van der Waals surface area contributed by atoms with Crippen molar-refractivity contribution in [3.8, 4) is 0 Å². The lowest BCUT2D eigenvalue weighted by molar-refractivity contribution is 1.00. The second-order valence-electron chi connectivity index (χ2n) is 3.06. The molecule has 0 unspecified atom stereocenters. The van der Waals surface area contributed by atoms with E-state index >= 15 is 0 Å². The van der Waals surface area contributed by atoms with Gasteiger partial charge in [0.25, 0.3) is 0 Å². The molecule has 2 nitrogen and oxygen atoms in total. The van der Waals surface area contributed by atoms with Crippen molar-refractivity contribution in [2.24, 2.45) is 0 Å². The Labute approximate surface area is 71.6 Å². The molecule has 0 spiro atoms. The minimum Gasteiger partial charge on any atom is -0.342 e. The summed E-state index contributed by atoms with van der Waals surface area (Å²) in [5.74, 6) is 1.07. The van der Waals surface area contributed by atoms with Gasteiger partial charge in [-0.25, -0.2) is 4.98 Å². The second-order valence-corrected chi connectivity index (χ2v) is 3.06. The molecule has 0 amide bonds. The Morgan fingerprint density at radius 3 is 3.00 bits per heavy atom. The molecular weight excluding hydrogens is 148 g/mol. The molecule has 0 aliphatic carbocycles. The molecule has 0 saturated heterocycles. The lowest BCUT2D eigenvalue weighted by atomic mass is 10.2. The van der Waals surface area contributed by atoms with E-state index in [1.807, 2.05) is 0 Å². The molecule has 1 aromatic carbocycles. The third-order valence-corrected chi connectivity index (χ3v) is 2.02. The third-order valence-electron chi connectivity index (χ3n) is 2.02. The van der Waals surface area contributed by atoms with E-state index in [1.54, 1.807) is 0 Å². The average Bonchev–Trinajstić information content (AvgIpc) is 2.46. The van der Waals surface area contributed by atoms with Crippen LogP contribution in [0.4, 0.5) is 0 Å². The van der Waals surface area contributed by atoms with Gasteiger partial charge in [-0.1, -0.05) is 13.0 Å². The van der Waals surface area contributed by atoms with Gasteiger partial charge in [0.1, 0.15) is 5.82 Å². The number of aromatic nitrogens is 2. The van der Waals surface area contributed by atoms with Gasteiger partial charge in [0.15, 0.2) is 0 Å². The lowest BCUT2D eigenvalue weighted by Gasteiger charge is -1.89.